The highest BCUT2D eigenvalue weighted by molar-refractivity contribution is 6.33. The molecule has 9 nitrogen and oxygen atoms in total. The molecular formula is C28H25ClN6O3. The number of anilines is 1. The molecule has 0 unspecified atom stereocenters. The van der Waals surface area contributed by atoms with Crippen LogP contribution in [0.3, 0.4) is 0 Å². The SMILES string of the molecule is Cc1nc(-c2ccc(-c3cc4cnc(NC5CCOCC5)nc4n(Cc4ccccc4)c3=O)c(Cl)c2)no1. The zero-order chi connectivity index (χ0) is 26.1. The third kappa shape index (κ3) is 4.90. The minimum absolute atomic E-state index is 0.192. The summed E-state index contributed by atoms with van der Waals surface area (Å²) in [5.74, 6) is 1.40. The lowest BCUT2D eigenvalue weighted by atomic mass is 10.0. The quantitative estimate of drug-likeness (QED) is 0.324. The fourth-order valence-electron chi connectivity index (χ4n) is 4.65. The first-order valence-electron chi connectivity index (χ1n) is 12.4. The summed E-state index contributed by atoms with van der Waals surface area (Å²) < 4.78 is 12.2. The fourth-order valence-corrected chi connectivity index (χ4v) is 4.93. The van der Waals surface area contributed by atoms with E-state index >= 15 is 0 Å². The van der Waals surface area contributed by atoms with Gasteiger partial charge in [0.25, 0.3) is 5.56 Å². The summed E-state index contributed by atoms with van der Waals surface area (Å²) in [6.45, 7) is 3.50. The van der Waals surface area contributed by atoms with E-state index in [1.807, 2.05) is 36.4 Å². The molecule has 10 heteroatoms. The minimum atomic E-state index is -0.192. The number of pyridine rings is 1. The van der Waals surface area contributed by atoms with Crippen LogP contribution in [0.2, 0.25) is 5.02 Å². The third-order valence-corrected chi connectivity index (χ3v) is 6.92. The maximum absolute atomic E-state index is 14.0. The van der Waals surface area contributed by atoms with Crippen LogP contribution in [0.4, 0.5) is 5.95 Å². The van der Waals surface area contributed by atoms with Crippen molar-refractivity contribution in [1.29, 1.82) is 0 Å². The van der Waals surface area contributed by atoms with Crippen LogP contribution in [0.15, 0.2) is 70.1 Å². The van der Waals surface area contributed by atoms with Gasteiger partial charge in [-0.3, -0.25) is 9.36 Å². The van der Waals surface area contributed by atoms with Gasteiger partial charge in [0.2, 0.25) is 17.7 Å². The van der Waals surface area contributed by atoms with Gasteiger partial charge in [0.15, 0.2) is 0 Å². The van der Waals surface area contributed by atoms with Crippen molar-refractivity contribution in [3.63, 3.8) is 0 Å². The van der Waals surface area contributed by atoms with E-state index in [1.54, 1.807) is 35.9 Å². The Morgan fingerprint density at radius 3 is 2.61 bits per heavy atom. The molecule has 1 fully saturated rings. The second-order valence-electron chi connectivity index (χ2n) is 9.27. The Hall–Kier alpha value is -4.08. The summed E-state index contributed by atoms with van der Waals surface area (Å²) in [6.07, 6.45) is 3.52. The fraction of sp³-hybridized carbons (Fsp3) is 0.250. The average molecular weight is 529 g/mol. The van der Waals surface area contributed by atoms with Crippen molar-refractivity contribution in [2.75, 3.05) is 18.5 Å². The predicted octanol–water partition coefficient (Wildman–Crippen LogP) is 5.11. The van der Waals surface area contributed by atoms with Crippen LogP contribution in [0.5, 0.6) is 0 Å². The highest BCUT2D eigenvalue weighted by Crippen LogP contribution is 2.31. The van der Waals surface area contributed by atoms with Crippen molar-refractivity contribution in [1.82, 2.24) is 24.7 Å². The predicted molar refractivity (Wildman–Crippen MR) is 145 cm³/mol. The molecule has 1 saturated heterocycles. The van der Waals surface area contributed by atoms with Crippen molar-refractivity contribution in [3.05, 3.63) is 87.6 Å². The zero-order valence-corrected chi connectivity index (χ0v) is 21.5. The minimum Gasteiger partial charge on any atom is -0.381 e. The molecule has 3 aromatic heterocycles. The Kier molecular flexibility index (Phi) is 6.61. The number of rotatable bonds is 6. The van der Waals surface area contributed by atoms with E-state index in [9.17, 15) is 4.79 Å². The summed E-state index contributed by atoms with van der Waals surface area (Å²) in [5.41, 5.74) is 3.12. The second-order valence-corrected chi connectivity index (χ2v) is 9.68. The summed E-state index contributed by atoms with van der Waals surface area (Å²) >= 11 is 6.70. The molecule has 0 saturated carbocycles. The molecule has 0 radical (unpaired) electrons. The number of nitrogens with one attached hydrogen (secondary N) is 1. The molecular weight excluding hydrogens is 504 g/mol. The molecule has 1 aliphatic heterocycles. The number of fused-ring (bicyclic) bond motifs is 1. The van der Waals surface area contributed by atoms with E-state index in [2.05, 4.69) is 20.4 Å². The number of ether oxygens (including phenoxy) is 1. The molecule has 1 aliphatic rings. The Balaban J connectivity index is 1.45. The lowest BCUT2D eigenvalue weighted by molar-refractivity contribution is 0.0903. The molecule has 1 N–H and O–H groups in total. The molecule has 5 aromatic rings. The number of aromatic nitrogens is 5. The van der Waals surface area contributed by atoms with Crippen LogP contribution in [0, 0.1) is 6.92 Å². The summed E-state index contributed by atoms with van der Waals surface area (Å²) in [4.78, 5) is 27.6. The van der Waals surface area contributed by atoms with Gasteiger partial charge in [0, 0.05) is 59.5 Å². The molecule has 0 amide bonds. The largest absolute Gasteiger partial charge is 0.381 e. The topological polar surface area (TPSA) is 108 Å². The molecule has 0 aliphatic carbocycles. The maximum Gasteiger partial charge on any atom is 0.260 e. The van der Waals surface area contributed by atoms with Crippen molar-refractivity contribution < 1.29 is 9.26 Å². The van der Waals surface area contributed by atoms with Crippen molar-refractivity contribution in [3.8, 4) is 22.5 Å². The number of aryl methyl sites for hydroxylation is 1. The number of nitrogens with zero attached hydrogens (tertiary/aromatic N) is 5. The number of benzene rings is 2. The molecule has 0 atom stereocenters. The van der Waals surface area contributed by atoms with Crippen molar-refractivity contribution in [2.45, 2.75) is 32.4 Å². The lowest BCUT2D eigenvalue weighted by Crippen LogP contribution is -2.29. The summed E-state index contributed by atoms with van der Waals surface area (Å²) in [7, 11) is 0. The summed E-state index contributed by atoms with van der Waals surface area (Å²) in [5, 5.41) is 8.51. The van der Waals surface area contributed by atoms with Crippen molar-refractivity contribution in [2.24, 2.45) is 0 Å². The molecule has 6 rings (SSSR count). The molecule has 0 spiro atoms. The van der Waals surface area contributed by atoms with Crippen molar-refractivity contribution >= 4 is 28.6 Å². The molecule has 0 bridgehead atoms. The average Bonchev–Trinajstić information content (AvgIpc) is 3.38. The monoisotopic (exact) mass is 528 g/mol. The van der Waals surface area contributed by atoms with Gasteiger partial charge in [-0.2, -0.15) is 9.97 Å². The van der Waals surface area contributed by atoms with Crippen LogP contribution >= 0.6 is 11.6 Å². The van der Waals surface area contributed by atoms with Crippen LogP contribution in [0.25, 0.3) is 33.5 Å². The number of hydrogen-bond donors (Lipinski definition) is 1. The second kappa shape index (κ2) is 10.4. The van der Waals surface area contributed by atoms with Gasteiger partial charge in [0.1, 0.15) is 5.65 Å². The van der Waals surface area contributed by atoms with Gasteiger partial charge in [0.05, 0.1) is 6.54 Å². The van der Waals surface area contributed by atoms with Crippen LogP contribution < -0.4 is 10.9 Å². The van der Waals surface area contributed by atoms with E-state index in [1.165, 1.54) is 0 Å². The number of hydrogen-bond acceptors (Lipinski definition) is 8. The van der Waals surface area contributed by atoms with Gasteiger partial charge < -0.3 is 14.6 Å². The highest BCUT2D eigenvalue weighted by atomic mass is 35.5. The Morgan fingerprint density at radius 2 is 1.87 bits per heavy atom. The van der Waals surface area contributed by atoms with Crippen LogP contribution in [-0.2, 0) is 11.3 Å². The first-order chi connectivity index (χ1) is 18.5. The Bertz CT molecular complexity index is 1660. The molecule has 2 aromatic carbocycles. The molecule has 38 heavy (non-hydrogen) atoms. The van der Waals surface area contributed by atoms with E-state index in [0.717, 1.165) is 23.8 Å². The zero-order valence-electron chi connectivity index (χ0n) is 20.7. The third-order valence-electron chi connectivity index (χ3n) is 6.61. The Labute approximate surface area is 223 Å². The number of halogens is 1. The van der Waals surface area contributed by atoms with Gasteiger partial charge >= 0.3 is 0 Å². The normalized spacial score (nSPS) is 14.2. The Morgan fingerprint density at radius 1 is 1.05 bits per heavy atom. The van der Waals surface area contributed by atoms with Crippen LogP contribution in [-0.4, -0.2) is 43.9 Å². The van der Waals surface area contributed by atoms with E-state index in [-0.39, 0.29) is 11.6 Å². The van der Waals surface area contributed by atoms with E-state index in [0.29, 0.717) is 64.8 Å². The van der Waals surface area contributed by atoms with Gasteiger partial charge in [-0.05, 0) is 30.5 Å². The van der Waals surface area contributed by atoms with E-state index in [4.69, 9.17) is 25.8 Å². The van der Waals surface area contributed by atoms with Gasteiger partial charge in [-0.25, -0.2) is 4.98 Å². The highest BCUT2D eigenvalue weighted by Gasteiger charge is 2.19. The lowest BCUT2D eigenvalue weighted by Gasteiger charge is -2.23. The van der Waals surface area contributed by atoms with Gasteiger partial charge in [-0.1, -0.05) is 59.2 Å². The van der Waals surface area contributed by atoms with E-state index < -0.39 is 0 Å². The maximum atomic E-state index is 14.0. The smallest absolute Gasteiger partial charge is 0.260 e. The first-order valence-corrected chi connectivity index (χ1v) is 12.8. The van der Waals surface area contributed by atoms with Crippen LogP contribution in [0.1, 0.15) is 24.3 Å². The first kappa shape index (κ1) is 24.3. The van der Waals surface area contributed by atoms with Gasteiger partial charge in [-0.15, -0.1) is 0 Å². The summed E-state index contributed by atoms with van der Waals surface area (Å²) in [6, 6.07) is 17.2. The molecule has 4 heterocycles. The standard InChI is InChI=1S/C28H25ClN6O3/c1-17-31-25(34-38-17)19-7-8-22(24(29)14-19)23-13-20-15-30-28(32-21-9-11-37-12-10-21)33-26(20)35(27(23)36)16-18-5-3-2-4-6-18/h2-8,13-15,21H,9-12,16H2,1H3,(H,30,32,33). The molecule has 192 valence electrons.